The van der Waals surface area contributed by atoms with Crippen molar-refractivity contribution in [3.05, 3.63) is 45.9 Å². The number of amides is 1. The maximum absolute atomic E-state index is 11.9. The first-order valence-corrected chi connectivity index (χ1v) is 6.29. The number of benzene rings is 1. The molecule has 0 radical (unpaired) electrons. The number of thiazole rings is 1. The zero-order chi connectivity index (χ0) is 12.3. The van der Waals surface area contributed by atoms with Crippen LogP contribution in [0.4, 0.5) is 5.69 Å². The minimum Gasteiger partial charge on any atom is -0.326 e. The van der Waals surface area contributed by atoms with Crippen LogP contribution in [-0.2, 0) is 11.2 Å². The second-order valence-electron chi connectivity index (χ2n) is 3.90. The number of para-hydroxylation sites is 1. The van der Waals surface area contributed by atoms with E-state index in [0.717, 1.165) is 21.8 Å². The molecule has 4 heteroatoms. The average Bonchev–Trinajstić information content (AvgIpc) is 2.68. The summed E-state index contributed by atoms with van der Waals surface area (Å²) in [5, 5.41) is 2.92. The molecule has 1 N–H and O–H groups in total. The van der Waals surface area contributed by atoms with Crippen molar-refractivity contribution in [1.82, 2.24) is 4.98 Å². The van der Waals surface area contributed by atoms with Crippen molar-refractivity contribution in [3.63, 3.8) is 0 Å². The fraction of sp³-hybridized carbons (Fsp3) is 0.231. The predicted molar refractivity (Wildman–Crippen MR) is 70.4 cm³/mol. The highest BCUT2D eigenvalue weighted by molar-refractivity contribution is 7.09. The zero-order valence-corrected chi connectivity index (χ0v) is 10.7. The molecule has 0 bridgehead atoms. The molecule has 17 heavy (non-hydrogen) atoms. The topological polar surface area (TPSA) is 42.0 Å². The molecule has 2 aromatic rings. The summed E-state index contributed by atoms with van der Waals surface area (Å²) in [6.45, 7) is 3.90. The molecular formula is C13H14N2OS. The van der Waals surface area contributed by atoms with Gasteiger partial charge in [0.25, 0.3) is 0 Å². The molecule has 0 unspecified atom stereocenters. The lowest BCUT2D eigenvalue weighted by Crippen LogP contribution is -2.14. The van der Waals surface area contributed by atoms with Crippen LogP contribution >= 0.6 is 11.3 Å². The summed E-state index contributed by atoms with van der Waals surface area (Å²) < 4.78 is 0. The summed E-state index contributed by atoms with van der Waals surface area (Å²) in [4.78, 5) is 17.0. The van der Waals surface area contributed by atoms with Crippen LogP contribution in [0.5, 0.6) is 0 Å². The molecule has 1 heterocycles. The van der Waals surface area contributed by atoms with E-state index in [4.69, 9.17) is 0 Å². The molecule has 0 saturated heterocycles. The van der Waals surface area contributed by atoms with Gasteiger partial charge in [-0.2, -0.15) is 0 Å². The predicted octanol–water partition coefficient (Wildman–Crippen LogP) is 2.94. The summed E-state index contributed by atoms with van der Waals surface area (Å²) in [7, 11) is 0. The van der Waals surface area contributed by atoms with Crippen molar-refractivity contribution in [1.29, 1.82) is 0 Å². The zero-order valence-electron chi connectivity index (χ0n) is 9.86. The molecule has 0 spiro atoms. The van der Waals surface area contributed by atoms with E-state index in [0.29, 0.717) is 6.42 Å². The molecule has 3 nitrogen and oxygen atoms in total. The number of nitrogens with zero attached hydrogens (tertiary/aromatic N) is 1. The van der Waals surface area contributed by atoms with Crippen LogP contribution < -0.4 is 5.32 Å². The number of aryl methyl sites for hydroxylation is 2. The standard InChI is InChI=1S/C13H14N2OS/c1-9-5-3-4-6-11(9)15-13(16)7-12-10(2)14-8-17-12/h3-6,8H,7H2,1-2H3,(H,15,16). The molecule has 0 fully saturated rings. The van der Waals surface area contributed by atoms with Gasteiger partial charge >= 0.3 is 0 Å². The third-order valence-electron chi connectivity index (χ3n) is 2.59. The van der Waals surface area contributed by atoms with Crippen LogP contribution in [0.3, 0.4) is 0 Å². The van der Waals surface area contributed by atoms with Gasteiger partial charge in [-0.05, 0) is 25.5 Å². The van der Waals surface area contributed by atoms with Crippen LogP contribution in [0, 0.1) is 13.8 Å². The highest BCUT2D eigenvalue weighted by atomic mass is 32.1. The normalized spacial score (nSPS) is 10.2. The molecule has 1 aromatic carbocycles. The second-order valence-corrected chi connectivity index (χ2v) is 4.84. The Morgan fingerprint density at radius 2 is 2.12 bits per heavy atom. The van der Waals surface area contributed by atoms with Crippen LogP contribution in [0.15, 0.2) is 29.8 Å². The fourth-order valence-corrected chi connectivity index (χ4v) is 2.33. The molecule has 1 aromatic heterocycles. The van der Waals surface area contributed by atoms with Crippen LogP contribution in [0.1, 0.15) is 16.1 Å². The van der Waals surface area contributed by atoms with Gasteiger partial charge in [-0.25, -0.2) is 4.98 Å². The molecule has 0 aliphatic heterocycles. The van der Waals surface area contributed by atoms with Gasteiger partial charge < -0.3 is 5.32 Å². The van der Waals surface area contributed by atoms with Gasteiger partial charge in [0.1, 0.15) is 0 Å². The monoisotopic (exact) mass is 246 g/mol. The van der Waals surface area contributed by atoms with Gasteiger partial charge in [-0.3, -0.25) is 4.79 Å². The number of carbonyl (C=O) groups is 1. The summed E-state index contributed by atoms with van der Waals surface area (Å²) in [5.41, 5.74) is 4.66. The van der Waals surface area contributed by atoms with Gasteiger partial charge in [-0.1, -0.05) is 18.2 Å². The Morgan fingerprint density at radius 1 is 1.35 bits per heavy atom. The lowest BCUT2D eigenvalue weighted by molar-refractivity contribution is -0.115. The Morgan fingerprint density at radius 3 is 2.76 bits per heavy atom. The number of hydrogen-bond acceptors (Lipinski definition) is 3. The van der Waals surface area contributed by atoms with E-state index >= 15 is 0 Å². The van der Waals surface area contributed by atoms with E-state index in [1.54, 1.807) is 5.51 Å². The van der Waals surface area contributed by atoms with Crippen molar-refractivity contribution in [2.24, 2.45) is 0 Å². The first kappa shape index (κ1) is 11.8. The highest BCUT2D eigenvalue weighted by Crippen LogP contribution is 2.16. The number of carbonyl (C=O) groups excluding carboxylic acids is 1. The Hall–Kier alpha value is -1.68. The Labute approximate surface area is 105 Å². The molecular weight excluding hydrogens is 232 g/mol. The third kappa shape index (κ3) is 2.91. The van der Waals surface area contributed by atoms with Crippen molar-refractivity contribution < 1.29 is 4.79 Å². The first-order valence-electron chi connectivity index (χ1n) is 5.41. The van der Waals surface area contributed by atoms with Crippen LogP contribution in [0.25, 0.3) is 0 Å². The summed E-state index contributed by atoms with van der Waals surface area (Å²) in [6, 6.07) is 7.76. The van der Waals surface area contributed by atoms with Gasteiger partial charge in [0.05, 0.1) is 17.6 Å². The maximum atomic E-state index is 11.9. The first-order chi connectivity index (χ1) is 8.16. The van der Waals surface area contributed by atoms with Crippen molar-refractivity contribution in [2.45, 2.75) is 20.3 Å². The van der Waals surface area contributed by atoms with Gasteiger partial charge in [-0.15, -0.1) is 11.3 Å². The maximum Gasteiger partial charge on any atom is 0.229 e. The van der Waals surface area contributed by atoms with E-state index in [1.807, 2.05) is 38.1 Å². The molecule has 2 rings (SSSR count). The largest absolute Gasteiger partial charge is 0.326 e. The lowest BCUT2D eigenvalue weighted by atomic mass is 10.2. The SMILES string of the molecule is Cc1ccccc1NC(=O)Cc1scnc1C. The highest BCUT2D eigenvalue weighted by Gasteiger charge is 2.09. The van der Waals surface area contributed by atoms with E-state index < -0.39 is 0 Å². The van der Waals surface area contributed by atoms with Crippen molar-refractivity contribution in [2.75, 3.05) is 5.32 Å². The Kier molecular flexibility index (Phi) is 3.54. The number of anilines is 1. The molecule has 0 atom stereocenters. The number of nitrogens with one attached hydrogen (secondary N) is 1. The molecule has 0 aliphatic carbocycles. The molecule has 1 amide bonds. The molecule has 0 saturated carbocycles. The van der Waals surface area contributed by atoms with E-state index in [1.165, 1.54) is 11.3 Å². The number of aromatic nitrogens is 1. The molecule has 88 valence electrons. The summed E-state index contributed by atoms with van der Waals surface area (Å²) in [5.74, 6) is 0.00616. The van der Waals surface area contributed by atoms with E-state index in [-0.39, 0.29) is 5.91 Å². The Bertz CT molecular complexity index is 534. The van der Waals surface area contributed by atoms with E-state index in [9.17, 15) is 4.79 Å². The smallest absolute Gasteiger partial charge is 0.229 e. The third-order valence-corrected chi connectivity index (χ3v) is 3.52. The quantitative estimate of drug-likeness (QED) is 0.904. The van der Waals surface area contributed by atoms with Gasteiger partial charge in [0.15, 0.2) is 0 Å². The fourth-order valence-electron chi connectivity index (χ4n) is 1.55. The summed E-state index contributed by atoms with van der Waals surface area (Å²) in [6.07, 6.45) is 0.394. The van der Waals surface area contributed by atoms with Crippen LogP contribution in [-0.4, -0.2) is 10.9 Å². The average molecular weight is 246 g/mol. The van der Waals surface area contributed by atoms with Crippen molar-refractivity contribution in [3.8, 4) is 0 Å². The number of rotatable bonds is 3. The Balaban J connectivity index is 2.03. The van der Waals surface area contributed by atoms with Gasteiger partial charge in [0, 0.05) is 10.6 Å². The van der Waals surface area contributed by atoms with Gasteiger partial charge in [0.2, 0.25) is 5.91 Å². The summed E-state index contributed by atoms with van der Waals surface area (Å²) >= 11 is 1.52. The second kappa shape index (κ2) is 5.10. The lowest BCUT2D eigenvalue weighted by Gasteiger charge is -2.07. The molecule has 0 aliphatic rings. The van der Waals surface area contributed by atoms with E-state index in [2.05, 4.69) is 10.3 Å². The minimum atomic E-state index is 0.00616. The minimum absolute atomic E-state index is 0.00616. The van der Waals surface area contributed by atoms with Crippen molar-refractivity contribution >= 4 is 22.9 Å². The number of hydrogen-bond donors (Lipinski definition) is 1. The van der Waals surface area contributed by atoms with Crippen LogP contribution in [0.2, 0.25) is 0 Å².